The summed E-state index contributed by atoms with van der Waals surface area (Å²) in [5.74, 6) is 1.61. The Labute approximate surface area is 217 Å². The largest absolute Gasteiger partial charge is 0.372 e. The maximum Gasteiger partial charge on any atom is 0.234 e. The summed E-state index contributed by atoms with van der Waals surface area (Å²) >= 11 is 0. The molecule has 1 aromatic carbocycles. The highest BCUT2D eigenvalue weighted by molar-refractivity contribution is 6.00. The third-order valence-corrected chi connectivity index (χ3v) is 9.34. The summed E-state index contributed by atoms with van der Waals surface area (Å²) in [6, 6.07) is 8.38. The molecule has 0 aromatic heterocycles. The molecule has 1 aromatic rings. The van der Waals surface area contributed by atoms with Gasteiger partial charge in [0, 0.05) is 45.6 Å². The van der Waals surface area contributed by atoms with Gasteiger partial charge in [0.15, 0.2) is 0 Å². The number of nitrogens with zero attached hydrogens (tertiary/aromatic N) is 3. The number of anilines is 1. The molecule has 0 aliphatic carbocycles. The van der Waals surface area contributed by atoms with E-state index in [0.717, 1.165) is 88.9 Å². The molecule has 1 N–H and O–H groups in total. The smallest absolute Gasteiger partial charge is 0.234 e. The van der Waals surface area contributed by atoms with E-state index in [1.165, 1.54) is 18.5 Å². The van der Waals surface area contributed by atoms with Crippen LogP contribution >= 0.6 is 0 Å². The van der Waals surface area contributed by atoms with Crippen molar-refractivity contribution in [1.82, 2.24) is 15.1 Å². The topological polar surface area (TPSA) is 73.0 Å². The molecule has 36 heavy (non-hydrogen) atoms. The summed E-state index contributed by atoms with van der Waals surface area (Å²) in [4.78, 5) is 43.7. The van der Waals surface area contributed by atoms with Crippen LogP contribution < -0.4 is 10.2 Å². The summed E-state index contributed by atoms with van der Waals surface area (Å²) in [5, 5.41) is 2.46. The Morgan fingerprint density at radius 3 is 2.06 bits per heavy atom. The van der Waals surface area contributed by atoms with Crippen LogP contribution in [0, 0.1) is 17.8 Å². The second kappa shape index (κ2) is 11.3. The third-order valence-electron chi connectivity index (χ3n) is 9.34. The summed E-state index contributed by atoms with van der Waals surface area (Å²) in [5.41, 5.74) is 2.22. The first-order valence-electron chi connectivity index (χ1n) is 14.2. The molecule has 1 unspecified atom stereocenters. The highest BCUT2D eigenvalue weighted by Crippen LogP contribution is 2.35. The number of rotatable bonds is 5. The lowest BCUT2D eigenvalue weighted by Crippen LogP contribution is -2.47. The normalized spacial score (nSPS) is 25.8. The first kappa shape index (κ1) is 25.2. The fraction of sp³-hybridized carbons (Fsp3) is 0.690. The van der Waals surface area contributed by atoms with Gasteiger partial charge in [-0.05, 0) is 94.1 Å². The van der Waals surface area contributed by atoms with Crippen LogP contribution in [0.25, 0.3) is 0 Å². The predicted molar refractivity (Wildman–Crippen MR) is 143 cm³/mol. The highest BCUT2D eigenvalue weighted by Gasteiger charge is 2.34. The van der Waals surface area contributed by atoms with E-state index < -0.39 is 0 Å². The summed E-state index contributed by atoms with van der Waals surface area (Å²) in [7, 11) is 0. The Morgan fingerprint density at radius 1 is 0.861 bits per heavy atom. The molecule has 198 valence electrons. The van der Waals surface area contributed by atoms with Gasteiger partial charge in [-0.2, -0.15) is 0 Å². The van der Waals surface area contributed by atoms with Crippen molar-refractivity contribution >= 4 is 23.4 Å². The van der Waals surface area contributed by atoms with E-state index in [1.54, 1.807) is 0 Å². The standard InChI is InChI=1S/C29H42N4O3.H2/c1-2-31-15-9-24(10-16-31)29(36)33-19-13-22(14-20-33)21-11-17-32(18-12-21)25-5-3-23(4-6-25)26-7-8-27(34)30-28(26)35;/h3-6,21-22,24,26H,2,7-20H2,1H3,(H,30,34,35);1H. The Morgan fingerprint density at radius 2 is 1.47 bits per heavy atom. The summed E-state index contributed by atoms with van der Waals surface area (Å²) in [6.45, 7) is 9.47. The quantitative estimate of drug-likeness (QED) is 0.630. The number of carbonyl (C=O) groups excluding carboxylic acids is 3. The van der Waals surface area contributed by atoms with Crippen molar-refractivity contribution in [2.75, 3.05) is 50.7 Å². The molecular weight excluding hydrogens is 452 g/mol. The molecule has 4 heterocycles. The van der Waals surface area contributed by atoms with Crippen molar-refractivity contribution in [3.05, 3.63) is 29.8 Å². The molecule has 0 saturated carbocycles. The summed E-state index contributed by atoms with van der Waals surface area (Å²) < 4.78 is 0. The maximum absolute atomic E-state index is 13.1. The van der Waals surface area contributed by atoms with Crippen LogP contribution in [0.3, 0.4) is 0 Å². The van der Waals surface area contributed by atoms with E-state index >= 15 is 0 Å². The van der Waals surface area contributed by atoms with Crippen molar-refractivity contribution in [1.29, 1.82) is 0 Å². The van der Waals surface area contributed by atoms with Gasteiger partial charge in [0.1, 0.15) is 0 Å². The van der Waals surface area contributed by atoms with Gasteiger partial charge >= 0.3 is 0 Å². The minimum absolute atomic E-state index is 0. The lowest BCUT2D eigenvalue weighted by Gasteiger charge is -2.42. The van der Waals surface area contributed by atoms with Gasteiger partial charge in [0.25, 0.3) is 0 Å². The van der Waals surface area contributed by atoms with E-state index in [4.69, 9.17) is 0 Å². The number of hydrogen-bond donors (Lipinski definition) is 1. The minimum Gasteiger partial charge on any atom is -0.372 e. The molecule has 7 nitrogen and oxygen atoms in total. The van der Waals surface area contributed by atoms with E-state index in [1.807, 2.05) is 0 Å². The van der Waals surface area contributed by atoms with Crippen molar-refractivity contribution in [3.8, 4) is 0 Å². The number of carbonyl (C=O) groups is 3. The lowest BCUT2D eigenvalue weighted by atomic mass is 9.78. The van der Waals surface area contributed by atoms with Crippen LogP contribution in [-0.2, 0) is 14.4 Å². The number of nitrogens with one attached hydrogen (secondary N) is 1. The van der Waals surface area contributed by atoms with Gasteiger partial charge in [-0.1, -0.05) is 19.1 Å². The fourth-order valence-electron chi connectivity index (χ4n) is 6.90. The van der Waals surface area contributed by atoms with Crippen LogP contribution in [0.15, 0.2) is 24.3 Å². The predicted octanol–water partition coefficient (Wildman–Crippen LogP) is 3.64. The van der Waals surface area contributed by atoms with Crippen LogP contribution in [0.2, 0.25) is 0 Å². The number of amides is 3. The van der Waals surface area contributed by atoms with Crippen LogP contribution in [0.5, 0.6) is 0 Å². The average Bonchev–Trinajstić information content (AvgIpc) is 2.93. The van der Waals surface area contributed by atoms with Crippen LogP contribution in [0.4, 0.5) is 5.69 Å². The molecule has 4 fully saturated rings. The van der Waals surface area contributed by atoms with Gasteiger partial charge in [-0.3, -0.25) is 19.7 Å². The van der Waals surface area contributed by atoms with Crippen LogP contribution in [-0.4, -0.2) is 73.3 Å². The zero-order chi connectivity index (χ0) is 25.1. The molecule has 4 saturated heterocycles. The van der Waals surface area contributed by atoms with Crippen molar-refractivity contribution in [2.45, 2.75) is 64.2 Å². The van der Waals surface area contributed by atoms with E-state index in [9.17, 15) is 14.4 Å². The third kappa shape index (κ3) is 5.61. The SMILES string of the molecule is CCN1CCC(C(=O)N2CCC(C3CCN(c4ccc(C5CCC(=O)NC5=O)cc4)CC3)CC2)CC1.[HH]. The fourth-order valence-corrected chi connectivity index (χ4v) is 6.90. The number of imide groups is 1. The van der Waals surface area contributed by atoms with E-state index in [0.29, 0.717) is 18.7 Å². The Hall–Kier alpha value is -2.41. The Bertz CT molecular complexity index is 931. The Balaban J connectivity index is 0.00000320. The molecular formula is C29H44N4O3. The van der Waals surface area contributed by atoms with Gasteiger partial charge in [-0.25, -0.2) is 0 Å². The van der Waals surface area contributed by atoms with Crippen molar-refractivity contribution in [3.63, 3.8) is 0 Å². The van der Waals surface area contributed by atoms with Gasteiger partial charge in [0.05, 0.1) is 5.92 Å². The van der Waals surface area contributed by atoms with Crippen molar-refractivity contribution in [2.24, 2.45) is 17.8 Å². The minimum atomic E-state index is -0.218. The number of hydrogen-bond acceptors (Lipinski definition) is 5. The van der Waals surface area contributed by atoms with Gasteiger partial charge in [0.2, 0.25) is 17.7 Å². The van der Waals surface area contributed by atoms with Gasteiger partial charge < -0.3 is 14.7 Å². The molecule has 3 amide bonds. The molecule has 7 heteroatoms. The first-order chi connectivity index (χ1) is 17.5. The molecule has 0 spiro atoms. The second-order valence-electron chi connectivity index (χ2n) is 11.3. The molecule has 1 atom stereocenters. The first-order valence-corrected chi connectivity index (χ1v) is 14.2. The zero-order valence-corrected chi connectivity index (χ0v) is 21.8. The lowest BCUT2D eigenvalue weighted by molar-refractivity contribution is -0.139. The number of likely N-dealkylation sites (tertiary alicyclic amines) is 2. The van der Waals surface area contributed by atoms with E-state index in [2.05, 4.69) is 51.2 Å². The van der Waals surface area contributed by atoms with E-state index in [-0.39, 0.29) is 25.1 Å². The van der Waals surface area contributed by atoms with Gasteiger partial charge in [-0.15, -0.1) is 0 Å². The second-order valence-corrected chi connectivity index (χ2v) is 11.3. The number of piperidine rings is 4. The molecule has 4 aliphatic rings. The van der Waals surface area contributed by atoms with Crippen LogP contribution in [0.1, 0.15) is 71.2 Å². The average molecular weight is 497 g/mol. The molecule has 5 rings (SSSR count). The molecule has 0 radical (unpaired) electrons. The monoisotopic (exact) mass is 496 g/mol. The van der Waals surface area contributed by atoms with Crippen molar-refractivity contribution < 1.29 is 15.8 Å². The maximum atomic E-state index is 13.1. The zero-order valence-electron chi connectivity index (χ0n) is 21.8. The Kier molecular flexibility index (Phi) is 7.94. The number of benzene rings is 1. The summed E-state index contributed by atoms with van der Waals surface area (Å²) in [6.07, 6.45) is 7.80. The highest BCUT2D eigenvalue weighted by atomic mass is 16.2. The molecule has 4 aliphatic heterocycles. The molecule has 0 bridgehead atoms.